The van der Waals surface area contributed by atoms with Gasteiger partial charge in [-0.05, 0) is 29.8 Å². The molecule has 3 rings (SSSR count). The van der Waals surface area contributed by atoms with E-state index < -0.39 is 0 Å². The molecule has 0 radical (unpaired) electrons. The Kier molecular flexibility index (Phi) is 7.30. The van der Waals surface area contributed by atoms with E-state index in [2.05, 4.69) is 20.5 Å². The Morgan fingerprint density at radius 3 is 2.75 bits per heavy atom. The van der Waals surface area contributed by atoms with Gasteiger partial charge in [0.05, 0.1) is 17.3 Å². The van der Waals surface area contributed by atoms with Crippen LogP contribution >= 0.6 is 23.4 Å². The number of rotatable bonds is 9. The minimum absolute atomic E-state index is 0.242. The summed E-state index contributed by atoms with van der Waals surface area (Å²) in [5.41, 5.74) is 2.12. The molecule has 0 saturated carbocycles. The van der Waals surface area contributed by atoms with E-state index in [1.54, 1.807) is 37.4 Å². The number of carbonyl (C=O) groups is 1. The molecule has 146 valence electrons. The second-order valence-electron chi connectivity index (χ2n) is 5.69. The minimum Gasteiger partial charge on any atom is -0.487 e. The van der Waals surface area contributed by atoms with E-state index in [0.717, 1.165) is 16.5 Å². The molecule has 0 spiro atoms. The maximum Gasteiger partial charge on any atom is 0.255 e. The first-order valence-electron chi connectivity index (χ1n) is 8.46. The van der Waals surface area contributed by atoms with E-state index in [1.807, 2.05) is 12.1 Å². The maximum atomic E-state index is 12.6. The summed E-state index contributed by atoms with van der Waals surface area (Å²) in [7, 11) is 1.59. The standard InChI is InChI=1S/C19H19ClN4O3S/c1-26-9-10-27-17-15(20)3-2-4-16(17)23-18(25)14-7-5-13(6-8-14)11-28-19-21-12-22-24-19/h2-8,12H,9-11H2,1H3,(H,23,25)(H,21,22,24). The number of hydrogen-bond acceptors (Lipinski definition) is 6. The normalized spacial score (nSPS) is 10.6. The van der Waals surface area contributed by atoms with Crippen LogP contribution < -0.4 is 10.1 Å². The van der Waals surface area contributed by atoms with Gasteiger partial charge in [0.2, 0.25) is 0 Å². The van der Waals surface area contributed by atoms with Crippen LogP contribution in [0.25, 0.3) is 0 Å². The highest BCUT2D eigenvalue weighted by molar-refractivity contribution is 7.98. The summed E-state index contributed by atoms with van der Waals surface area (Å²) in [4.78, 5) is 16.7. The Balaban J connectivity index is 1.63. The van der Waals surface area contributed by atoms with Crippen LogP contribution in [0.5, 0.6) is 5.75 Å². The molecule has 7 nitrogen and oxygen atoms in total. The van der Waals surface area contributed by atoms with Crippen molar-refractivity contribution in [2.24, 2.45) is 0 Å². The Hall–Kier alpha value is -2.55. The molecule has 0 unspecified atom stereocenters. The van der Waals surface area contributed by atoms with E-state index in [-0.39, 0.29) is 5.91 Å². The average Bonchev–Trinajstić information content (AvgIpc) is 3.22. The largest absolute Gasteiger partial charge is 0.487 e. The number of carbonyl (C=O) groups excluding carboxylic acids is 1. The fourth-order valence-electron chi connectivity index (χ4n) is 2.34. The predicted octanol–water partition coefficient (Wildman–Crippen LogP) is 4.03. The van der Waals surface area contributed by atoms with Crippen molar-refractivity contribution in [2.75, 3.05) is 25.6 Å². The average molecular weight is 419 g/mol. The molecule has 0 fully saturated rings. The van der Waals surface area contributed by atoms with Gasteiger partial charge < -0.3 is 14.8 Å². The predicted molar refractivity (Wildman–Crippen MR) is 109 cm³/mol. The van der Waals surface area contributed by atoms with Gasteiger partial charge in [-0.2, -0.15) is 5.10 Å². The SMILES string of the molecule is COCCOc1c(Cl)cccc1NC(=O)c1ccc(CSc2ncn[nH]2)cc1. The molecule has 0 aliphatic rings. The molecular weight excluding hydrogens is 400 g/mol. The number of nitrogens with zero attached hydrogens (tertiary/aromatic N) is 2. The second kappa shape index (κ2) is 10.1. The van der Waals surface area contributed by atoms with Gasteiger partial charge >= 0.3 is 0 Å². The lowest BCUT2D eigenvalue weighted by atomic mass is 10.1. The Morgan fingerprint density at radius 1 is 1.21 bits per heavy atom. The number of amides is 1. The quantitative estimate of drug-likeness (QED) is 0.403. The minimum atomic E-state index is -0.242. The molecule has 0 saturated heterocycles. The van der Waals surface area contributed by atoms with Crippen LogP contribution in [0.2, 0.25) is 5.02 Å². The van der Waals surface area contributed by atoms with Gasteiger partial charge in [0.25, 0.3) is 5.91 Å². The molecule has 28 heavy (non-hydrogen) atoms. The highest BCUT2D eigenvalue weighted by atomic mass is 35.5. The number of para-hydroxylation sites is 1. The summed E-state index contributed by atoms with van der Waals surface area (Å²) in [5, 5.41) is 10.6. The Labute approximate surface area is 171 Å². The van der Waals surface area contributed by atoms with Crippen LogP contribution in [-0.2, 0) is 10.5 Å². The Bertz CT molecular complexity index is 904. The number of hydrogen-bond donors (Lipinski definition) is 2. The van der Waals surface area contributed by atoms with Crippen LogP contribution in [0.15, 0.2) is 53.9 Å². The third kappa shape index (κ3) is 5.48. The van der Waals surface area contributed by atoms with Gasteiger partial charge in [0.15, 0.2) is 10.9 Å². The molecule has 0 aliphatic carbocycles. The molecule has 9 heteroatoms. The van der Waals surface area contributed by atoms with E-state index in [4.69, 9.17) is 21.1 Å². The van der Waals surface area contributed by atoms with Gasteiger partial charge in [-0.1, -0.05) is 41.6 Å². The van der Waals surface area contributed by atoms with Crippen LogP contribution in [0.4, 0.5) is 5.69 Å². The van der Waals surface area contributed by atoms with Crippen molar-refractivity contribution in [1.82, 2.24) is 15.2 Å². The molecule has 2 aromatic carbocycles. The van der Waals surface area contributed by atoms with Crippen molar-refractivity contribution in [3.8, 4) is 5.75 Å². The monoisotopic (exact) mass is 418 g/mol. The highest BCUT2D eigenvalue weighted by Crippen LogP contribution is 2.33. The van der Waals surface area contributed by atoms with Crippen LogP contribution in [-0.4, -0.2) is 41.4 Å². The van der Waals surface area contributed by atoms with Crippen LogP contribution in [0, 0.1) is 0 Å². The Morgan fingerprint density at radius 2 is 2.04 bits per heavy atom. The van der Waals surface area contributed by atoms with Gasteiger partial charge in [0, 0.05) is 18.4 Å². The highest BCUT2D eigenvalue weighted by Gasteiger charge is 2.13. The molecule has 1 amide bonds. The van der Waals surface area contributed by atoms with Gasteiger partial charge in [-0.15, -0.1) is 0 Å². The fraction of sp³-hybridized carbons (Fsp3) is 0.211. The summed E-state index contributed by atoms with van der Waals surface area (Å²) in [5.74, 6) is 0.908. The zero-order valence-electron chi connectivity index (χ0n) is 15.1. The van der Waals surface area contributed by atoms with E-state index in [0.29, 0.717) is 35.2 Å². The molecule has 0 aliphatic heterocycles. The summed E-state index contributed by atoms with van der Waals surface area (Å²) < 4.78 is 10.6. The van der Waals surface area contributed by atoms with Crippen molar-refractivity contribution >= 4 is 35.0 Å². The summed E-state index contributed by atoms with van der Waals surface area (Å²) in [6.07, 6.45) is 1.47. The zero-order chi connectivity index (χ0) is 19.8. The fourth-order valence-corrected chi connectivity index (χ4v) is 3.31. The third-order valence-corrected chi connectivity index (χ3v) is 4.98. The van der Waals surface area contributed by atoms with Gasteiger partial charge in [-0.25, -0.2) is 4.98 Å². The number of aromatic nitrogens is 3. The van der Waals surface area contributed by atoms with E-state index in [9.17, 15) is 4.79 Å². The van der Waals surface area contributed by atoms with Gasteiger partial charge in [-0.3, -0.25) is 9.89 Å². The van der Waals surface area contributed by atoms with Crippen LogP contribution in [0.1, 0.15) is 15.9 Å². The number of halogens is 1. The number of thioether (sulfide) groups is 1. The van der Waals surface area contributed by atoms with Crippen LogP contribution in [0.3, 0.4) is 0 Å². The lowest BCUT2D eigenvalue weighted by molar-refractivity contribution is 0.102. The van der Waals surface area contributed by atoms with E-state index in [1.165, 1.54) is 18.1 Å². The van der Waals surface area contributed by atoms with Gasteiger partial charge in [0.1, 0.15) is 12.9 Å². The number of methoxy groups -OCH3 is 1. The van der Waals surface area contributed by atoms with Crippen molar-refractivity contribution in [2.45, 2.75) is 10.9 Å². The topological polar surface area (TPSA) is 89.1 Å². The first-order valence-corrected chi connectivity index (χ1v) is 9.82. The number of nitrogens with one attached hydrogen (secondary N) is 2. The maximum absolute atomic E-state index is 12.6. The van der Waals surface area contributed by atoms with E-state index >= 15 is 0 Å². The third-order valence-electron chi connectivity index (χ3n) is 3.73. The lowest BCUT2D eigenvalue weighted by Gasteiger charge is -2.14. The molecular formula is C19H19ClN4O3S. The van der Waals surface area contributed by atoms with Crippen molar-refractivity contribution in [3.05, 3.63) is 64.9 Å². The summed E-state index contributed by atoms with van der Waals surface area (Å²) in [6, 6.07) is 12.6. The number of aromatic amines is 1. The molecule has 1 heterocycles. The molecule has 3 aromatic rings. The molecule has 1 aromatic heterocycles. The van der Waals surface area contributed by atoms with Crippen molar-refractivity contribution in [1.29, 1.82) is 0 Å². The van der Waals surface area contributed by atoms with Crippen molar-refractivity contribution < 1.29 is 14.3 Å². The summed E-state index contributed by atoms with van der Waals surface area (Å²) >= 11 is 7.74. The molecule has 0 atom stereocenters. The first kappa shape index (κ1) is 20.2. The zero-order valence-corrected chi connectivity index (χ0v) is 16.7. The smallest absolute Gasteiger partial charge is 0.255 e. The number of H-pyrrole nitrogens is 1. The second-order valence-corrected chi connectivity index (χ2v) is 7.06. The number of benzene rings is 2. The molecule has 2 N–H and O–H groups in total. The number of ether oxygens (including phenoxy) is 2. The summed E-state index contributed by atoms with van der Waals surface area (Å²) in [6.45, 7) is 0.757. The molecule has 0 bridgehead atoms. The van der Waals surface area contributed by atoms with Crippen molar-refractivity contribution in [3.63, 3.8) is 0 Å². The first-order chi connectivity index (χ1) is 13.7. The lowest BCUT2D eigenvalue weighted by Crippen LogP contribution is -2.14. The number of anilines is 1.